The van der Waals surface area contributed by atoms with Gasteiger partial charge in [-0.25, -0.2) is 0 Å². The summed E-state index contributed by atoms with van der Waals surface area (Å²) in [5, 5.41) is 2.96. The smallest absolute Gasteiger partial charge is 0.409 e. The molecule has 0 radical (unpaired) electrons. The molecule has 3 aliphatic rings. The molecule has 77 heavy (non-hydrogen) atoms. The number of likely N-dealkylation sites (N-methyl/N-ethyl adjacent to an activating group) is 1. The van der Waals surface area contributed by atoms with Crippen LogP contribution in [0.4, 0.5) is 11.4 Å². The number of benzene rings is 4. The van der Waals surface area contributed by atoms with E-state index in [1.165, 1.54) is 25.3 Å². The van der Waals surface area contributed by atoms with Crippen LogP contribution < -0.4 is 14.7 Å². The maximum absolute atomic E-state index is 12.9. The fourth-order valence-electron chi connectivity index (χ4n) is 11.2. The molecule has 0 saturated carbocycles. The van der Waals surface area contributed by atoms with E-state index in [1.807, 2.05) is 44.9 Å². The molecule has 4 aromatic rings. The molecular formula is C49H60N4O18S5U+2. The van der Waals surface area contributed by atoms with Crippen molar-refractivity contribution in [1.82, 2.24) is 14.7 Å². The molecule has 0 spiro atoms. The van der Waals surface area contributed by atoms with Gasteiger partial charge in [-0.1, -0.05) is 55.3 Å². The second-order valence-corrected chi connectivity index (χ2v) is 26.7. The fourth-order valence-corrected chi connectivity index (χ4v) is 14.3. The Hall–Kier alpha value is -4.41. The summed E-state index contributed by atoms with van der Waals surface area (Å²) >= 11 is 0. The summed E-state index contributed by atoms with van der Waals surface area (Å²) < 4.78 is 169. The van der Waals surface area contributed by atoms with E-state index in [9.17, 15) is 65.6 Å². The Bertz CT molecular complexity index is 3700. The second-order valence-electron chi connectivity index (χ2n) is 19.9. The minimum Gasteiger partial charge on any atom is -0.424 e. The predicted molar refractivity (Wildman–Crippen MR) is 282 cm³/mol. The normalized spacial score (nSPS) is 21.0. The van der Waals surface area contributed by atoms with Crippen molar-refractivity contribution in [3.63, 3.8) is 0 Å². The Kier molecular flexibility index (Phi) is 18.4. The van der Waals surface area contributed by atoms with Crippen LogP contribution in [0.25, 0.3) is 21.5 Å². The molecule has 0 fully saturated rings. The SMILES string of the molecule is COCC[N+]1(C)c2ccc3c(S(=O)(=O)O)cc(S(=O)(=O)O)cc3c2C(C)(CCC[S-](=O)=O)C1/C=C/C=C1/N(CCCCCC(=O)NCCN2C(=O)C=CC2=O)c2ccc3c(S(=O)(=O)[OH2+])cc(S(=O)(=O)[OH2+])cc3c2C1(C)C.[U]. The minimum atomic E-state index is -5.10. The maximum Gasteiger partial charge on any atom is 0.409 e. The Morgan fingerprint density at radius 1 is 0.779 bits per heavy atom. The molecule has 3 heterocycles. The van der Waals surface area contributed by atoms with Gasteiger partial charge in [0.25, 0.3) is 32.1 Å². The van der Waals surface area contributed by atoms with Gasteiger partial charge < -0.3 is 32.5 Å². The molecule has 3 amide bonds. The molecule has 4 aromatic carbocycles. The number of imide groups is 1. The summed E-state index contributed by atoms with van der Waals surface area (Å²) in [5.41, 5.74) is 0.479. The summed E-state index contributed by atoms with van der Waals surface area (Å²) in [7, 11) is -18.8. The fraction of sp³-hybridized carbons (Fsp3) is 0.408. The first-order valence-corrected chi connectivity index (χ1v) is 30.9. The van der Waals surface area contributed by atoms with E-state index in [4.69, 9.17) is 13.8 Å². The molecule has 0 saturated heterocycles. The number of amides is 3. The topological polar surface area (TPSA) is 336 Å². The van der Waals surface area contributed by atoms with Crippen molar-refractivity contribution >= 4 is 102 Å². The summed E-state index contributed by atoms with van der Waals surface area (Å²) in [5.74, 6) is -1.49. The van der Waals surface area contributed by atoms with Crippen molar-refractivity contribution in [3.05, 3.63) is 95.7 Å². The number of unbranched alkanes of at least 4 members (excludes halogenated alkanes) is 2. The molecule has 3 unspecified atom stereocenters. The van der Waals surface area contributed by atoms with Crippen LogP contribution in [0.3, 0.4) is 0 Å². The van der Waals surface area contributed by atoms with Crippen molar-refractivity contribution in [2.75, 3.05) is 57.6 Å². The summed E-state index contributed by atoms with van der Waals surface area (Å²) in [4.78, 5) is 36.7. The van der Waals surface area contributed by atoms with E-state index in [-0.39, 0.29) is 114 Å². The van der Waals surface area contributed by atoms with E-state index < -0.39 is 99.4 Å². The van der Waals surface area contributed by atoms with Crippen LogP contribution >= 0.6 is 0 Å². The third-order valence-corrected chi connectivity index (χ3v) is 18.8. The number of hydrogen-bond donors (Lipinski definition) is 3. The molecule has 22 nitrogen and oxygen atoms in total. The van der Waals surface area contributed by atoms with Crippen molar-refractivity contribution in [1.29, 1.82) is 0 Å². The van der Waals surface area contributed by atoms with Crippen LogP contribution in [-0.2, 0) is 89.5 Å². The summed E-state index contributed by atoms with van der Waals surface area (Å²) in [6.07, 6.45) is 9.61. The number of carbonyl (C=O) groups is 3. The van der Waals surface area contributed by atoms with Gasteiger partial charge in [0.1, 0.15) is 28.1 Å². The first kappa shape index (κ1) is 61.8. The van der Waals surface area contributed by atoms with E-state index >= 15 is 0 Å². The largest absolute Gasteiger partial charge is 0.424 e. The van der Waals surface area contributed by atoms with Gasteiger partial charge in [-0.15, -0.1) is 16.8 Å². The summed E-state index contributed by atoms with van der Waals surface area (Å²) in [6, 6.07) is 9.36. The third kappa shape index (κ3) is 12.5. The molecule has 7 rings (SSSR count). The predicted octanol–water partition coefficient (Wildman–Crippen LogP) is 3.47. The van der Waals surface area contributed by atoms with Gasteiger partial charge in [0.15, 0.2) is 4.90 Å². The molecular weight excluding hydrogens is 1330 g/mol. The van der Waals surface area contributed by atoms with Gasteiger partial charge >= 0.3 is 20.2 Å². The van der Waals surface area contributed by atoms with E-state index in [0.717, 1.165) is 29.2 Å². The molecule has 416 valence electrons. The molecule has 28 heteroatoms. The zero-order valence-electron chi connectivity index (χ0n) is 42.6. The first-order valence-electron chi connectivity index (χ1n) is 23.8. The van der Waals surface area contributed by atoms with Crippen LogP contribution in [0.1, 0.15) is 70.4 Å². The standard InChI is InChI=1S/C49H57N4O18S5.U/c1-48(2)41(11-9-12-42-49(3,20-10-26-72(57)58)47-36-28-32(74(62,63)64)30-40(76(68,69)70)34(36)15-17-38(47)53(42,4)24-25-71-5)51(22-8-6-7-13-43(54)50-21-23-52-44(55)18-19-45(52)56)37-16-14-33-35(46(37)48)27-31(73(59,60)61)29-39(33)75(65,66)67;/h9,11-12,14-19,27-30,42H,6-8,10,13,20-26H2,1-5H3,(H4-,50,54,59,60,61,62,63,64,65,66,67,68,69,70);/q-1;/p+3/b12-9+,41-11+;. The Labute approximate surface area is 472 Å². The molecule has 3 aliphatic heterocycles. The number of nitrogens with one attached hydrogen (secondary N) is 1. The van der Waals surface area contributed by atoms with E-state index in [0.29, 0.717) is 60.1 Å². The van der Waals surface area contributed by atoms with Crippen molar-refractivity contribution in [2.24, 2.45) is 0 Å². The number of hydrogen-bond acceptors (Lipinski definition) is 16. The van der Waals surface area contributed by atoms with Gasteiger partial charge in [0.05, 0.1) is 24.0 Å². The Morgan fingerprint density at radius 2 is 1.39 bits per heavy atom. The number of methoxy groups -OCH3 is 1. The molecule has 3 atom stereocenters. The van der Waals surface area contributed by atoms with Gasteiger partial charge in [0, 0.05) is 116 Å². The molecule has 0 aliphatic carbocycles. The number of quaternary nitrogens is 1. The third-order valence-electron chi connectivity index (χ3n) is 14.7. The van der Waals surface area contributed by atoms with Gasteiger partial charge in [-0.05, 0) is 91.1 Å². The first-order chi connectivity index (χ1) is 35.3. The van der Waals surface area contributed by atoms with Crippen LogP contribution in [0.15, 0.2) is 104 Å². The van der Waals surface area contributed by atoms with Crippen LogP contribution in [0, 0.1) is 31.1 Å². The van der Waals surface area contributed by atoms with Crippen molar-refractivity contribution < 1.29 is 111 Å². The molecule has 7 N–H and O–H groups in total. The van der Waals surface area contributed by atoms with Crippen LogP contribution in [0.5, 0.6) is 0 Å². The maximum atomic E-state index is 12.9. The number of anilines is 1. The monoisotopic (exact) mass is 1390 g/mol. The quantitative estimate of drug-likeness (QED) is 0.0253. The minimum absolute atomic E-state index is 0. The average Bonchev–Trinajstić information content (AvgIpc) is 3.84. The molecule has 0 bridgehead atoms. The average molecular weight is 1390 g/mol. The van der Waals surface area contributed by atoms with E-state index in [1.54, 1.807) is 18.2 Å². The van der Waals surface area contributed by atoms with E-state index in [2.05, 4.69) is 5.32 Å². The number of rotatable bonds is 22. The van der Waals surface area contributed by atoms with Crippen LogP contribution in [0.2, 0.25) is 0 Å². The Morgan fingerprint density at radius 3 is 1.99 bits per heavy atom. The zero-order chi connectivity index (χ0) is 56.1. The molecule has 0 aromatic heterocycles. The number of nitrogens with zero attached hydrogens (tertiary/aromatic N) is 3. The number of ether oxygens (including phenoxy) is 1. The number of carbonyl (C=O) groups excluding carboxylic acids is 3. The Balaban J connectivity index is 0.00000961. The van der Waals surface area contributed by atoms with Gasteiger partial charge in [-0.3, -0.25) is 32.9 Å². The number of allylic oxidation sites excluding steroid dienone is 3. The second kappa shape index (κ2) is 23.0. The van der Waals surface area contributed by atoms with Crippen molar-refractivity contribution in [3.8, 4) is 0 Å². The van der Waals surface area contributed by atoms with Gasteiger partial charge in [0.2, 0.25) is 5.91 Å². The number of fused-ring (bicyclic) bond motifs is 6. The van der Waals surface area contributed by atoms with Crippen LogP contribution in [-0.4, -0.2) is 133 Å². The van der Waals surface area contributed by atoms with Crippen molar-refractivity contribution in [2.45, 2.75) is 95.7 Å². The zero-order valence-corrected chi connectivity index (χ0v) is 50.8. The summed E-state index contributed by atoms with van der Waals surface area (Å²) in [6.45, 7) is 6.36. The van der Waals surface area contributed by atoms with Gasteiger partial charge in [-0.2, -0.15) is 16.8 Å².